The molecule has 0 heterocycles. The van der Waals surface area contributed by atoms with Crippen LogP contribution in [0.5, 0.6) is 0 Å². The highest BCUT2D eigenvalue weighted by Crippen LogP contribution is 2.00. The lowest BCUT2D eigenvalue weighted by Gasteiger charge is -1.89. The molecule has 3 heteroatoms. The molecule has 1 aromatic rings. The maximum absolute atomic E-state index is 7.00. The molecule has 3 N–H and O–H groups in total. The van der Waals surface area contributed by atoms with Gasteiger partial charge in [0.2, 0.25) is 0 Å². The van der Waals surface area contributed by atoms with Crippen LogP contribution in [0.15, 0.2) is 30.3 Å². The normalized spacial score (nSPS) is 7.18. The summed E-state index contributed by atoms with van der Waals surface area (Å²) in [5.41, 5.74) is 1.27. The minimum atomic E-state index is 0. The summed E-state index contributed by atoms with van der Waals surface area (Å²) in [6.07, 6.45) is 0. The molecule has 0 aliphatic carbocycles. The number of hydrogen-bond acceptors (Lipinski definition) is 2. The molecule has 0 aliphatic rings. The van der Waals surface area contributed by atoms with Crippen LogP contribution in [0.3, 0.4) is 0 Å². The van der Waals surface area contributed by atoms with Crippen molar-refractivity contribution in [3.63, 3.8) is 0 Å². The van der Waals surface area contributed by atoms with Gasteiger partial charge in [0.15, 0.2) is 0 Å². The first kappa shape index (κ1) is 13.1. The van der Waals surface area contributed by atoms with Crippen molar-refractivity contribution in [2.75, 3.05) is 7.11 Å². The third-order valence-corrected chi connectivity index (χ3v) is 1.39. The van der Waals surface area contributed by atoms with Gasteiger partial charge in [0.1, 0.15) is 0 Å². The number of benzene rings is 1. The lowest BCUT2D eigenvalue weighted by Crippen LogP contribution is -1.71. The molecule has 64 valence electrons. The van der Waals surface area contributed by atoms with E-state index in [1.165, 1.54) is 5.56 Å². The average molecular weight is 174 g/mol. The van der Waals surface area contributed by atoms with Gasteiger partial charge in [-0.05, 0) is 5.56 Å². The van der Waals surface area contributed by atoms with E-state index in [0.717, 1.165) is 12.9 Å². The molecule has 0 bridgehead atoms. The van der Waals surface area contributed by atoms with Gasteiger partial charge in [-0.3, -0.25) is 0 Å². The summed E-state index contributed by atoms with van der Waals surface area (Å²) in [5.74, 6) is 0.834. The topological polar surface area (TPSA) is 51.7 Å². The molecule has 0 saturated carbocycles. The molecule has 0 aliphatic heterocycles. The van der Waals surface area contributed by atoms with Gasteiger partial charge >= 0.3 is 0 Å². The van der Waals surface area contributed by atoms with Gasteiger partial charge in [-0.2, -0.15) is 12.6 Å². The molecule has 1 aromatic carbocycles. The fourth-order valence-corrected chi connectivity index (χ4v) is 0.794. The van der Waals surface area contributed by atoms with E-state index in [-0.39, 0.29) is 5.48 Å². The van der Waals surface area contributed by atoms with Crippen molar-refractivity contribution in [1.82, 2.24) is 0 Å². The van der Waals surface area contributed by atoms with E-state index in [2.05, 4.69) is 24.8 Å². The Kier molecular flexibility index (Phi) is 11.3. The summed E-state index contributed by atoms with van der Waals surface area (Å²) in [7, 11) is 1.00. The molecule has 11 heavy (non-hydrogen) atoms. The third kappa shape index (κ3) is 5.91. The summed E-state index contributed by atoms with van der Waals surface area (Å²) in [6.45, 7) is 0. The van der Waals surface area contributed by atoms with Crippen molar-refractivity contribution in [3.05, 3.63) is 35.9 Å². The molecule has 2 nitrogen and oxygen atoms in total. The van der Waals surface area contributed by atoms with Crippen molar-refractivity contribution in [2.24, 2.45) is 0 Å². The number of hydrogen-bond donors (Lipinski definition) is 2. The summed E-state index contributed by atoms with van der Waals surface area (Å²) in [6, 6.07) is 10.2. The molecule has 0 spiro atoms. The third-order valence-electron chi connectivity index (χ3n) is 1.03. The highest BCUT2D eigenvalue weighted by molar-refractivity contribution is 7.79. The van der Waals surface area contributed by atoms with Crippen LogP contribution >= 0.6 is 12.6 Å². The molecule has 0 amide bonds. The molecule has 1 rings (SSSR count). The van der Waals surface area contributed by atoms with Gasteiger partial charge in [0, 0.05) is 12.9 Å². The number of aliphatic hydroxyl groups is 1. The molecule has 0 saturated heterocycles. The lowest BCUT2D eigenvalue weighted by molar-refractivity contribution is 0.399. The predicted molar refractivity (Wildman–Crippen MR) is 50.9 cm³/mol. The van der Waals surface area contributed by atoms with E-state index in [1.54, 1.807) is 0 Å². The van der Waals surface area contributed by atoms with Crippen LogP contribution in [-0.2, 0) is 5.75 Å². The minimum absolute atomic E-state index is 0. The largest absolute Gasteiger partial charge is 0.412 e. The Morgan fingerprint density at radius 2 is 1.64 bits per heavy atom. The highest BCUT2D eigenvalue weighted by Gasteiger charge is 1.80. The number of thiol groups is 1. The van der Waals surface area contributed by atoms with Crippen LogP contribution < -0.4 is 0 Å². The summed E-state index contributed by atoms with van der Waals surface area (Å²) >= 11 is 4.11. The van der Waals surface area contributed by atoms with Crippen LogP contribution in [0.4, 0.5) is 0 Å². The molecular formula is C8H14O2S. The minimum Gasteiger partial charge on any atom is -0.412 e. The predicted octanol–water partition coefficient (Wildman–Crippen LogP) is 0.900. The van der Waals surface area contributed by atoms with E-state index in [0.29, 0.717) is 0 Å². The fraction of sp³-hybridized carbons (Fsp3) is 0.250. The quantitative estimate of drug-likeness (QED) is 0.611. The van der Waals surface area contributed by atoms with E-state index in [1.807, 2.05) is 18.2 Å². The van der Waals surface area contributed by atoms with E-state index < -0.39 is 0 Å². The van der Waals surface area contributed by atoms with Gasteiger partial charge < -0.3 is 10.6 Å². The molecular weight excluding hydrogens is 160 g/mol. The average Bonchev–Trinajstić information content (AvgIpc) is 2.10. The zero-order chi connectivity index (χ0) is 7.82. The Bertz CT molecular complexity index is 153. The second-order valence-corrected chi connectivity index (χ2v) is 1.96. The smallest absolute Gasteiger partial charge is 0.0319 e. The lowest BCUT2D eigenvalue weighted by atomic mass is 10.2. The van der Waals surface area contributed by atoms with Gasteiger partial charge in [0.25, 0.3) is 0 Å². The van der Waals surface area contributed by atoms with E-state index >= 15 is 0 Å². The van der Waals surface area contributed by atoms with Crippen molar-refractivity contribution in [1.29, 1.82) is 0 Å². The molecule has 0 radical (unpaired) electrons. The van der Waals surface area contributed by atoms with Crippen molar-refractivity contribution >= 4 is 12.6 Å². The second-order valence-electron chi connectivity index (χ2n) is 1.64. The Morgan fingerprint density at radius 3 is 1.91 bits per heavy atom. The highest BCUT2D eigenvalue weighted by atomic mass is 32.1. The monoisotopic (exact) mass is 174 g/mol. The molecule has 0 atom stereocenters. The summed E-state index contributed by atoms with van der Waals surface area (Å²) in [5, 5.41) is 7.00. The Morgan fingerprint density at radius 1 is 1.18 bits per heavy atom. The Balaban J connectivity index is 0. The summed E-state index contributed by atoms with van der Waals surface area (Å²) < 4.78 is 0. The SMILES string of the molecule is CO.O.SCc1ccccc1. The van der Waals surface area contributed by atoms with Gasteiger partial charge in [-0.1, -0.05) is 30.3 Å². The molecule has 0 aromatic heterocycles. The second kappa shape index (κ2) is 9.49. The Labute approximate surface area is 72.6 Å². The fourth-order valence-electron chi connectivity index (χ4n) is 0.583. The Hall–Kier alpha value is -0.510. The first-order valence-corrected chi connectivity index (χ1v) is 3.66. The number of aliphatic hydroxyl groups excluding tert-OH is 1. The zero-order valence-corrected chi connectivity index (χ0v) is 7.38. The maximum Gasteiger partial charge on any atom is 0.0319 e. The van der Waals surface area contributed by atoms with Crippen molar-refractivity contribution in [3.8, 4) is 0 Å². The van der Waals surface area contributed by atoms with Gasteiger partial charge in [0.05, 0.1) is 0 Å². The first-order valence-electron chi connectivity index (χ1n) is 3.03. The van der Waals surface area contributed by atoms with Crippen molar-refractivity contribution in [2.45, 2.75) is 5.75 Å². The maximum atomic E-state index is 7.00. The first-order chi connectivity index (χ1) is 4.93. The van der Waals surface area contributed by atoms with Crippen LogP contribution in [0.1, 0.15) is 5.56 Å². The van der Waals surface area contributed by atoms with Gasteiger partial charge in [-0.25, -0.2) is 0 Å². The molecule has 0 unspecified atom stereocenters. The van der Waals surface area contributed by atoms with E-state index in [4.69, 9.17) is 5.11 Å². The number of rotatable bonds is 1. The van der Waals surface area contributed by atoms with Crippen LogP contribution in [-0.4, -0.2) is 17.7 Å². The van der Waals surface area contributed by atoms with Crippen molar-refractivity contribution < 1.29 is 10.6 Å². The summed E-state index contributed by atoms with van der Waals surface area (Å²) in [4.78, 5) is 0. The zero-order valence-electron chi connectivity index (χ0n) is 6.49. The molecule has 0 fully saturated rings. The standard InChI is InChI=1S/C7H8S.CH4O.H2O/c8-6-7-4-2-1-3-5-7;1-2;/h1-5,8H,6H2;2H,1H3;1H2. The van der Waals surface area contributed by atoms with Crippen LogP contribution in [0.2, 0.25) is 0 Å². The van der Waals surface area contributed by atoms with Crippen LogP contribution in [0, 0.1) is 0 Å². The van der Waals surface area contributed by atoms with Crippen LogP contribution in [0.25, 0.3) is 0 Å². The van der Waals surface area contributed by atoms with Gasteiger partial charge in [-0.15, -0.1) is 0 Å². The van der Waals surface area contributed by atoms with E-state index in [9.17, 15) is 0 Å².